The van der Waals surface area contributed by atoms with Crippen LogP contribution in [0.2, 0.25) is 0 Å². The molecule has 1 atom stereocenters. The third-order valence-electron chi connectivity index (χ3n) is 4.81. The van der Waals surface area contributed by atoms with Crippen LogP contribution in [0.4, 0.5) is 5.69 Å². The normalized spacial score (nSPS) is 18.4. The average Bonchev–Trinajstić information content (AvgIpc) is 2.88. The third-order valence-corrected chi connectivity index (χ3v) is 5.91. The molecule has 0 saturated carbocycles. The van der Waals surface area contributed by atoms with E-state index in [9.17, 15) is 4.79 Å². The fourth-order valence-electron chi connectivity index (χ4n) is 3.50. The summed E-state index contributed by atoms with van der Waals surface area (Å²) in [5.41, 5.74) is 9.05. The summed E-state index contributed by atoms with van der Waals surface area (Å²) >= 11 is 1.42. The van der Waals surface area contributed by atoms with Crippen LogP contribution in [0.1, 0.15) is 35.0 Å². The van der Waals surface area contributed by atoms with E-state index in [0.29, 0.717) is 16.5 Å². The van der Waals surface area contributed by atoms with Gasteiger partial charge in [-0.05, 0) is 43.9 Å². The number of pyridine rings is 1. The minimum Gasteiger partial charge on any atom is -0.397 e. The summed E-state index contributed by atoms with van der Waals surface area (Å²) in [6.07, 6.45) is 2.26. The molecule has 1 saturated heterocycles. The quantitative estimate of drug-likeness (QED) is 0.722. The highest BCUT2D eigenvalue weighted by molar-refractivity contribution is 7.21. The van der Waals surface area contributed by atoms with Gasteiger partial charge in [0.25, 0.3) is 5.91 Å². The number of nitrogens with two attached hydrogens (primary N) is 1. The first-order valence-electron chi connectivity index (χ1n) is 8.41. The van der Waals surface area contributed by atoms with Gasteiger partial charge in [-0.1, -0.05) is 18.6 Å². The number of nitrogens with zero attached hydrogens (tertiary/aromatic N) is 2. The van der Waals surface area contributed by atoms with E-state index in [2.05, 4.69) is 32.0 Å². The molecule has 3 heterocycles. The van der Waals surface area contributed by atoms with Crippen LogP contribution in [0.5, 0.6) is 0 Å². The highest BCUT2D eigenvalue weighted by Gasteiger charge is 2.26. The Hall–Kier alpha value is -2.14. The Morgan fingerprint density at radius 2 is 2.21 bits per heavy atom. The number of likely N-dealkylation sites (tertiary alicyclic amines) is 1. The summed E-state index contributed by atoms with van der Waals surface area (Å²) in [7, 11) is 0. The molecule has 4 rings (SSSR count). The zero-order valence-corrected chi connectivity index (χ0v) is 14.8. The number of anilines is 1. The average molecular weight is 339 g/mol. The van der Waals surface area contributed by atoms with Crippen molar-refractivity contribution in [2.45, 2.75) is 26.7 Å². The summed E-state index contributed by atoms with van der Waals surface area (Å²) in [6.45, 7) is 5.91. The van der Waals surface area contributed by atoms with Crippen molar-refractivity contribution in [2.75, 3.05) is 18.8 Å². The lowest BCUT2D eigenvalue weighted by molar-refractivity contribution is 0.0689. The number of carbonyl (C=O) groups excluding carboxylic acids is 1. The predicted octanol–water partition coefficient (Wildman–Crippen LogP) is 4.21. The third kappa shape index (κ3) is 2.53. The minimum atomic E-state index is 0.0577. The van der Waals surface area contributed by atoms with Crippen molar-refractivity contribution in [1.82, 2.24) is 9.88 Å². The van der Waals surface area contributed by atoms with E-state index in [1.165, 1.54) is 23.3 Å². The van der Waals surface area contributed by atoms with Crippen LogP contribution in [0.15, 0.2) is 24.3 Å². The first-order chi connectivity index (χ1) is 11.5. The Bertz CT molecular complexity index is 947. The van der Waals surface area contributed by atoms with Crippen molar-refractivity contribution >= 4 is 44.1 Å². The Balaban J connectivity index is 1.80. The monoisotopic (exact) mass is 339 g/mol. The van der Waals surface area contributed by atoms with Crippen molar-refractivity contribution in [3.8, 4) is 0 Å². The number of thiophene rings is 1. The first-order valence-corrected chi connectivity index (χ1v) is 9.23. The maximum absolute atomic E-state index is 12.9. The Kier molecular flexibility index (Phi) is 3.68. The topological polar surface area (TPSA) is 59.2 Å². The number of nitrogen functional groups attached to an aromatic ring is 1. The smallest absolute Gasteiger partial charge is 0.266 e. The number of carbonyl (C=O) groups is 1. The van der Waals surface area contributed by atoms with Gasteiger partial charge in [-0.15, -0.1) is 11.3 Å². The van der Waals surface area contributed by atoms with Crippen LogP contribution >= 0.6 is 11.3 Å². The first kappa shape index (κ1) is 15.4. The number of rotatable bonds is 1. The van der Waals surface area contributed by atoms with Crippen LogP contribution in [0, 0.1) is 12.8 Å². The lowest BCUT2D eigenvalue weighted by Gasteiger charge is -2.30. The van der Waals surface area contributed by atoms with E-state index in [1.807, 2.05) is 11.0 Å². The number of aryl methyl sites for hydroxylation is 1. The molecule has 24 heavy (non-hydrogen) atoms. The molecule has 0 radical (unpaired) electrons. The summed E-state index contributed by atoms with van der Waals surface area (Å²) in [4.78, 5) is 21.0. The molecule has 1 aliphatic heterocycles. The number of piperidine rings is 1. The maximum atomic E-state index is 12.9. The summed E-state index contributed by atoms with van der Waals surface area (Å²) in [5.74, 6) is 0.615. The van der Waals surface area contributed by atoms with E-state index in [1.54, 1.807) is 0 Å². The van der Waals surface area contributed by atoms with Gasteiger partial charge in [0.2, 0.25) is 0 Å². The number of aromatic nitrogens is 1. The largest absolute Gasteiger partial charge is 0.397 e. The van der Waals surface area contributed by atoms with Gasteiger partial charge < -0.3 is 10.6 Å². The zero-order chi connectivity index (χ0) is 16.8. The molecule has 0 spiro atoms. The SMILES string of the molecule is Cc1ccc2nc3sc(C(=O)N4CCC[C@H](C)C4)c(N)c3cc2c1. The Labute approximate surface area is 145 Å². The molecule has 0 bridgehead atoms. The zero-order valence-electron chi connectivity index (χ0n) is 14.0. The van der Waals surface area contributed by atoms with Crippen molar-refractivity contribution in [3.05, 3.63) is 34.7 Å². The fraction of sp³-hybridized carbons (Fsp3) is 0.368. The molecular weight excluding hydrogens is 318 g/mol. The number of fused-ring (bicyclic) bond motifs is 2. The molecule has 3 aromatic rings. The summed E-state index contributed by atoms with van der Waals surface area (Å²) < 4.78 is 0. The predicted molar refractivity (Wildman–Crippen MR) is 101 cm³/mol. The van der Waals surface area contributed by atoms with Crippen LogP contribution in [-0.2, 0) is 0 Å². The highest BCUT2D eigenvalue weighted by Crippen LogP contribution is 2.36. The number of amides is 1. The molecule has 2 N–H and O–H groups in total. The molecule has 0 aliphatic carbocycles. The molecule has 1 fully saturated rings. The molecule has 2 aromatic heterocycles. The second kappa shape index (κ2) is 5.74. The lowest BCUT2D eigenvalue weighted by Crippen LogP contribution is -2.38. The molecule has 124 valence electrons. The standard InChI is InChI=1S/C19H21N3OS/c1-11-5-6-15-13(8-11)9-14-16(20)17(24-18(14)21-15)19(23)22-7-3-4-12(2)10-22/h5-6,8-9,12H,3-4,7,10,20H2,1-2H3/t12-/m0/s1. The van der Waals surface area contributed by atoms with Crippen molar-refractivity contribution < 1.29 is 4.79 Å². The van der Waals surface area contributed by atoms with E-state index >= 15 is 0 Å². The van der Waals surface area contributed by atoms with Crippen LogP contribution < -0.4 is 5.73 Å². The number of hydrogen-bond acceptors (Lipinski definition) is 4. The van der Waals surface area contributed by atoms with Crippen LogP contribution in [0.25, 0.3) is 21.1 Å². The van der Waals surface area contributed by atoms with Gasteiger partial charge >= 0.3 is 0 Å². The number of hydrogen-bond donors (Lipinski definition) is 1. The highest BCUT2D eigenvalue weighted by atomic mass is 32.1. The Morgan fingerprint density at radius 3 is 3.00 bits per heavy atom. The van der Waals surface area contributed by atoms with Gasteiger partial charge in [0.1, 0.15) is 9.71 Å². The second-order valence-corrected chi connectivity index (χ2v) is 7.88. The van der Waals surface area contributed by atoms with E-state index in [4.69, 9.17) is 10.7 Å². The minimum absolute atomic E-state index is 0.0577. The molecular formula is C19H21N3OS. The molecule has 1 aromatic carbocycles. The van der Waals surface area contributed by atoms with Gasteiger partial charge in [-0.2, -0.15) is 0 Å². The molecule has 0 unspecified atom stereocenters. The van der Waals surface area contributed by atoms with E-state index in [0.717, 1.165) is 40.6 Å². The maximum Gasteiger partial charge on any atom is 0.266 e. The number of benzene rings is 1. The van der Waals surface area contributed by atoms with Gasteiger partial charge in [-0.25, -0.2) is 4.98 Å². The van der Waals surface area contributed by atoms with Crippen LogP contribution in [0.3, 0.4) is 0 Å². The van der Waals surface area contributed by atoms with E-state index < -0.39 is 0 Å². The second-order valence-electron chi connectivity index (χ2n) is 6.88. The molecule has 5 heteroatoms. The molecule has 4 nitrogen and oxygen atoms in total. The molecule has 1 aliphatic rings. The van der Waals surface area contributed by atoms with Gasteiger partial charge in [0.15, 0.2) is 0 Å². The van der Waals surface area contributed by atoms with Crippen molar-refractivity contribution in [3.63, 3.8) is 0 Å². The molecule has 1 amide bonds. The fourth-order valence-corrected chi connectivity index (χ4v) is 4.55. The summed E-state index contributed by atoms with van der Waals surface area (Å²) in [5, 5.41) is 1.96. The van der Waals surface area contributed by atoms with Gasteiger partial charge in [-0.3, -0.25) is 4.79 Å². The van der Waals surface area contributed by atoms with Gasteiger partial charge in [0, 0.05) is 23.9 Å². The van der Waals surface area contributed by atoms with Gasteiger partial charge in [0.05, 0.1) is 11.2 Å². The lowest BCUT2D eigenvalue weighted by atomic mass is 10.00. The van der Waals surface area contributed by atoms with Crippen molar-refractivity contribution in [2.24, 2.45) is 5.92 Å². The van der Waals surface area contributed by atoms with Crippen LogP contribution in [-0.4, -0.2) is 28.9 Å². The Morgan fingerprint density at radius 1 is 1.38 bits per heavy atom. The van der Waals surface area contributed by atoms with E-state index in [-0.39, 0.29) is 5.91 Å². The van der Waals surface area contributed by atoms with Crippen molar-refractivity contribution in [1.29, 1.82) is 0 Å². The summed E-state index contributed by atoms with van der Waals surface area (Å²) in [6, 6.07) is 8.24.